The number of pyridine rings is 1. The van der Waals surface area contributed by atoms with Gasteiger partial charge in [-0.1, -0.05) is 0 Å². The van der Waals surface area contributed by atoms with Gasteiger partial charge in [-0.15, -0.1) is 0 Å². The fourth-order valence-electron chi connectivity index (χ4n) is 3.06. The number of benzene rings is 1. The Hall–Kier alpha value is -2.96. The van der Waals surface area contributed by atoms with Crippen LogP contribution in [-0.4, -0.2) is 59.8 Å². The second kappa shape index (κ2) is 7.51. The second-order valence-corrected chi connectivity index (χ2v) is 6.22. The maximum absolute atomic E-state index is 13.3. The van der Waals surface area contributed by atoms with Crippen molar-refractivity contribution in [3.63, 3.8) is 0 Å². The number of nitrogens with one attached hydrogen (secondary N) is 1. The Morgan fingerprint density at radius 2 is 1.69 bits per heavy atom. The van der Waals surface area contributed by atoms with E-state index in [-0.39, 0.29) is 17.5 Å². The number of carbonyl (C=O) groups excluding carboxylic acids is 2. The van der Waals surface area contributed by atoms with Crippen LogP contribution in [-0.2, 0) is 0 Å². The molecular formula is C19H21FN4O2. The predicted octanol–water partition coefficient (Wildman–Crippen LogP) is 2.17. The second-order valence-electron chi connectivity index (χ2n) is 6.22. The van der Waals surface area contributed by atoms with Crippen LogP contribution in [0.25, 0.3) is 0 Å². The van der Waals surface area contributed by atoms with E-state index in [1.54, 1.807) is 15.9 Å². The molecule has 1 aliphatic rings. The summed E-state index contributed by atoms with van der Waals surface area (Å²) in [6.45, 7) is 3.62. The first-order valence-electron chi connectivity index (χ1n) is 8.48. The molecule has 1 saturated heterocycles. The molecule has 1 aliphatic heterocycles. The van der Waals surface area contributed by atoms with Gasteiger partial charge in [0.05, 0.1) is 0 Å². The van der Waals surface area contributed by atoms with Crippen molar-refractivity contribution in [2.24, 2.45) is 0 Å². The van der Waals surface area contributed by atoms with E-state index in [2.05, 4.69) is 10.3 Å². The summed E-state index contributed by atoms with van der Waals surface area (Å²) >= 11 is 0. The molecule has 26 heavy (non-hydrogen) atoms. The summed E-state index contributed by atoms with van der Waals surface area (Å²) in [6, 6.07) is 7.89. The molecular weight excluding hydrogens is 335 g/mol. The molecule has 6 nitrogen and oxygen atoms in total. The van der Waals surface area contributed by atoms with E-state index in [1.807, 2.05) is 26.1 Å². The molecule has 1 aromatic heterocycles. The van der Waals surface area contributed by atoms with Gasteiger partial charge in [-0.2, -0.15) is 0 Å². The van der Waals surface area contributed by atoms with Crippen molar-refractivity contribution in [2.45, 2.75) is 6.92 Å². The summed E-state index contributed by atoms with van der Waals surface area (Å²) in [4.78, 5) is 32.3. The fourth-order valence-corrected chi connectivity index (χ4v) is 3.06. The molecule has 1 fully saturated rings. The summed E-state index contributed by atoms with van der Waals surface area (Å²) in [5.41, 5.74) is 2.71. The zero-order chi connectivity index (χ0) is 18.7. The highest BCUT2D eigenvalue weighted by atomic mass is 19.1. The number of piperazine rings is 1. The van der Waals surface area contributed by atoms with Crippen molar-refractivity contribution in [3.8, 4) is 0 Å². The summed E-state index contributed by atoms with van der Waals surface area (Å²) in [5, 5.41) is 3.08. The number of halogens is 1. The number of aromatic nitrogens is 1. The van der Waals surface area contributed by atoms with Crippen LogP contribution >= 0.6 is 0 Å². The number of aryl methyl sites for hydroxylation is 1. The van der Waals surface area contributed by atoms with E-state index in [9.17, 15) is 14.0 Å². The maximum atomic E-state index is 13.3. The SMILES string of the molecule is CNc1ccc(C(=O)N2CCN(C(=O)c3cc(F)ccn3)CC2)cc1C. The third-order valence-electron chi connectivity index (χ3n) is 4.54. The average Bonchev–Trinajstić information content (AvgIpc) is 2.67. The van der Waals surface area contributed by atoms with Crippen LogP contribution in [0.2, 0.25) is 0 Å². The van der Waals surface area contributed by atoms with Gasteiger partial charge in [-0.05, 0) is 36.8 Å². The number of hydrogen-bond donors (Lipinski definition) is 1. The lowest BCUT2D eigenvalue weighted by atomic mass is 10.1. The minimum Gasteiger partial charge on any atom is -0.388 e. The maximum Gasteiger partial charge on any atom is 0.272 e. The summed E-state index contributed by atoms with van der Waals surface area (Å²) in [7, 11) is 1.84. The Labute approximate surface area is 151 Å². The summed E-state index contributed by atoms with van der Waals surface area (Å²) in [6.07, 6.45) is 1.28. The molecule has 1 N–H and O–H groups in total. The third-order valence-corrected chi connectivity index (χ3v) is 4.54. The van der Waals surface area contributed by atoms with E-state index in [1.165, 1.54) is 12.3 Å². The lowest BCUT2D eigenvalue weighted by Crippen LogP contribution is -2.50. The average molecular weight is 356 g/mol. The summed E-state index contributed by atoms with van der Waals surface area (Å²) in [5.74, 6) is -0.852. The van der Waals surface area contributed by atoms with Gasteiger partial charge in [0.25, 0.3) is 11.8 Å². The van der Waals surface area contributed by atoms with E-state index in [4.69, 9.17) is 0 Å². The van der Waals surface area contributed by atoms with Gasteiger partial charge in [0, 0.05) is 56.7 Å². The first kappa shape index (κ1) is 17.8. The molecule has 0 radical (unpaired) electrons. The molecule has 2 aromatic rings. The van der Waals surface area contributed by atoms with Crippen LogP contribution in [0.5, 0.6) is 0 Å². The standard InChI is InChI=1S/C19H21FN4O2/c1-13-11-14(3-4-16(13)21-2)18(25)23-7-9-24(10-8-23)19(26)17-12-15(20)5-6-22-17/h3-6,11-12,21H,7-10H2,1-2H3. The van der Waals surface area contributed by atoms with Gasteiger partial charge in [0.1, 0.15) is 11.5 Å². The Kier molecular flexibility index (Phi) is 5.16. The molecule has 0 aliphatic carbocycles. The summed E-state index contributed by atoms with van der Waals surface area (Å²) < 4.78 is 13.3. The number of hydrogen-bond acceptors (Lipinski definition) is 4. The van der Waals surface area contributed by atoms with Gasteiger partial charge in [0.2, 0.25) is 0 Å². The van der Waals surface area contributed by atoms with Crippen LogP contribution in [0.1, 0.15) is 26.4 Å². The molecule has 0 atom stereocenters. The Balaban J connectivity index is 1.63. The molecule has 0 unspecified atom stereocenters. The van der Waals surface area contributed by atoms with Crippen LogP contribution in [0.15, 0.2) is 36.5 Å². The van der Waals surface area contributed by atoms with Gasteiger partial charge < -0.3 is 15.1 Å². The number of amides is 2. The van der Waals surface area contributed by atoms with Crippen molar-refractivity contribution < 1.29 is 14.0 Å². The third kappa shape index (κ3) is 3.66. The lowest BCUT2D eigenvalue weighted by Gasteiger charge is -2.34. The van der Waals surface area contributed by atoms with E-state index >= 15 is 0 Å². The van der Waals surface area contributed by atoms with Gasteiger partial charge >= 0.3 is 0 Å². The van der Waals surface area contributed by atoms with Crippen molar-refractivity contribution in [1.29, 1.82) is 0 Å². The van der Waals surface area contributed by atoms with Gasteiger partial charge in [-0.3, -0.25) is 14.6 Å². The molecule has 136 valence electrons. The largest absolute Gasteiger partial charge is 0.388 e. The molecule has 2 heterocycles. The molecule has 3 rings (SSSR count). The van der Waals surface area contributed by atoms with Crippen molar-refractivity contribution in [2.75, 3.05) is 38.5 Å². The van der Waals surface area contributed by atoms with Crippen molar-refractivity contribution in [3.05, 3.63) is 59.2 Å². The monoisotopic (exact) mass is 356 g/mol. The van der Waals surface area contributed by atoms with E-state index in [0.717, 1.165) is 17.3 Å². The molecule has 1 aromatic carbocycles. The molecule has 2 amide bonds. The zero-order valence-corrected chi connectivity index (χ0v) is 14.8. The minimum atomic E-state index is -0.488. The topological polar surface area (TPSA) is 65.5 Å². The van der Waals surface area contributed by atoms with Crippen LogP contribution in [0.4, 0.5) is 10.1 Å². The molecule has 0 saturated carbocycles. The van der Waals surface area contributed by atoms with Crippen LogP contribution in [0, 0.1) is 12.7 Å². The predicted molar refractivity (Wildman–Crippen MR) is 96.7 cm³/mol. The highest BCUT2D eigenvalue weighted by Crippen LogP contribution is 2.18. The minimum absolute atomic E-state index is 0.0493. The normalized spacial score (nSPS) is 14.3. The number of rotatable bonds is 3. The number of nitrogens with zero attached hydrogens (tertiary/aromatic N) is 3. The zero-order valence-electron chi connectivity index (χ0n) is 14.8. The Bertz CT molecular complexity index is 832. The van der Waals surface area contributed by atoms with Gasteiger partial charge in [-0.25, -0.2) is 4.39 Å². The molecule has 7 heteroatoms. The lowest BCUT2D eigenvalue weighted by molar-refractivity contribution is 0.0532. The molecule has 0 spiro atoms. The quantitative estimate of drug-likeness (QED) is 0.915. The Morgan fingerprint density at radius 3 is 2.27 bits per heavy atom. The number of carbonyl (C=O) groups is 2. The highest BCUT2D eigenvalue weighted by Gasteiger charge is 2.26. The van der Waals surface area contributed by atoms with Crippen molar-refractivity contribution in [1.82, 2.24) is 14.8 Å². The van der Waals surface area contributed by atoms with Crippen LogP contribution in [0.3, 0.4) is 0 Å². The Morgan fingerprint density at radius 1 is 1.04 bits per heavy atom. The number of anilines is 1. The fraction of sp³-hybridized carbons (Fsp3) is 0.316. The van der Waals surface area contributed by atoms with E-state index in [0.29, 0.717) is 31.7 Å². The van der Waals surface area contributed by atoms with Crippen molar-refractivity contribution >= 4 is 17.5 Å². The smallest absolute Gasteiger partial charge is 0.272 e. The van der Waals surface area contributed by atoms with Gasteiger partial charge in [0.15, 0.2) is 0 Å². The highest BCUT2D eigenvalue weighted by molar-refractivity contribution is 5.95. The van der Waals surface area contributed by atoms with Crippen LogP contribution < -0.4 is 5.32 Å². The molecule has 0 bridgehead atoms. The first-order chi connectivity index (χ1) is 12.5. The van der Waals surface area contributed by atoms with E-state index < -0.39 is 5.82 Å². The first-order valence-corrected chi connectivity index (χ1v) is 8.48.